The van der Waals surface area contributed by atoms with Crippen LogP contribution in [0, 0.1) is 10.1 Å². The van der Waals surface area contributed by atoms with E-state index in [1.807, 2.05) is 0 Å². The Morgan fingerprint density at radius 2 is 1.88 bits per heavy atom. The summed E-state index contributed by atoms with van der Waals surface area (Å²) in [7, 11) is 1.50. The number of esters is 1. The number of cyclic esters (lactones) is 1. The normalized spacial score (nSPS) is 15.1. The number of para-hydroxylation sites is 2. The van der Waals surface area contributed by atoms with Crippen LogP contribution >= 0.6 is 0 Å². The summed E-state index contributed by atoms with van der Waals surface area (Å²) in [6.45, 7) is 0. The number of nitro benzene ring substituents is 1. The van der Waals surface area contributed by atoms with Crippen molar-refractivity contribution in [3.63, 3.8) is 0 Å². The molecule has 0 radical (unpaired) electrons. The van der Waals surface area contributed by atoms with E-state index in [9.17, 15) is 14.9 Å². The van der Waals surface area contributed by atoms with Gasteiger partial charge in [0.05, 0.1) is 23.2 Å². The number of aliphatic imine (C=N–C) groups is 1. The third-order valence-corrected chi connectivity index (χ3v) is 3.38. The molecule has 1 aliphatic rings. The van der Waals surface area contributed by atoms with Crippen molar-refractivity contribution in [2.75, 3.05) is 7.11 Å². The minimum Gasteiger partial charge on any atom is -0.496 e. The van der Waals surface area contributed by atoms with Gasteiger partial charge in [-0.2, -0.15) is 0 Å². The monoisotopic (exact) mass is 324 g/mol. The van der Waals surface area contributed by atoms with Crippen molar-refractivity contribution in [3.05, 3.63) is 75.5 Å². The van der Waals surface area contributed by atoms with Gasteiger partial charge in [0, 0.05) is 6.07 Å². The molecule has 0 unspecified atom stereocenters. The average molecular weight is 324 g/mol. The average Bonchev–Trinajstić information content (AvgIpc) is 2.95. The number of benzene rings is 2. The van der Waals surface area contributed by atoms with Crippen LogP contribution in [0.1, 0.15) is 11.1 Å². The summed E-state index contributed by atoms with van der Waals surface area (Å²) in [5.41, 5.74) is 0.683. The Kier molecular flexibility index (Phi) is 4.07. The molecular formula is C17H12N2O5. The van der Waals surface area contributed by atoms with Crippen LogP contribution < -0.4 is 4.74 Å². The first-order valence-electron chi connectivity index (χ1n) is 6.99. The van der Waals surface area contributed by atoms with Crippen molar-refractivity contribution < 1.29 is 19.2 Å². The number of rotatable bonds is 4. The maximum atomic E-state index is 12.0. The molecule has 120 valence electrons. The topological polar surface area (TPSA) is 91.0 Å². The van der Waals surface area contributed by atoms with Gasteiger partial charge in [0.2, 0.25) is 5.90 Å². The van der Waals surface area contributed by atoms with Crippen molar-refractivity contribution in [2.45, 2.75) is 0 Å². The molecule has 7 heteroatoms. The Hall–Kier alpha value is -3.48. The number of nitro groups is 1. The summed E-state index contributed by atoms with van der Waals surface area (Å²) in [5, 5.41) is 11.1. The quantitative estimate of drug-likeness (QED) is 0.373. The van der Waals surface area contributed by atoms with Gasteiger partial charge in [-0.25, -0.2) is 9.79 Å². The summed E-state index contributed by atoms with van der Waals surface area (Å²) in [6, 6.07) is 13.1. The number of ether oxygens (including phenoxy) is 2. The molecule has 0 aliphatic carbocycles. The number of methoxy groups -OCH3 is 1. The predicted octanol–water partition coefficient (Wildman–Crippen LogP) is 2.95. The second kappa shape index (κ2) is 6.33. The van der Waals surface area contributed by atoms with Crippen LogP contribution in [-0.4, -0.2) is 23.9 Å². The molecule has 1 aliphatic heterocycles. The van der Waals surface area contributed by atoms with E-state index in [1.54, 1.807) is 36.4 Å². The molecule has 24 heavy (non-hydrogen) atoms. The second-order valence-electron chi connectivity index (χ2n) is 4.85. The summed E-state index contributed by atoms with van der Waals surface area (Å²) >= 11 is 0. The number of carbonyl (C=O) groups excluding carboxylic acids is 1. The summed E-state index contributed by atoms with van der Waals surface area (Å²) in [4.78, 5) is 26.7. The molecule has 2 aromatic carbocycles. The third kappa shape index (κ3) is 2.87. The Morgan fingerprint density at radius 3 is 2.62 bits per heavy atom. The number of hydrogen-bond donors (Lipinski definition) is 0. The van der Waals surface area contributed by atoms with Crippen LogP contribution in [-0.2, 0) is 9.53 Å². The van der Waals surface area contributed by atoms with Crippen LogP contribution in [0.5, 0.6) is 5.75 Å². The van der Waals surface area contributed by atoms with Crippen molar-refractivity contribution in [2.24, 2.45) is 4.99 Å². The molecule has 0 N–H and O–H groups in total. The number of nitrogens with zero attached hydrogens (tertiary/aromatic N) is 2. The standard InChI is InChI=1S/C17H12N2O5/c1-23-15-9-5-3-7-12(15)16-18-13(17(20)24-16)10-11-6-2-4-8-14(11)19(21)22/h2-10H,1H3/b13-10+. The summed E-state index contributed by atoms with van der Waals surface area (Å²) in [6.07, 6.45) is 1.34. The molecule has 1 heterocycles. The van der Waals surface area contributed by atoms with Crippen LogP contribution in [0.25, 0.3) is 6.08 Å². The molecule has 0 fully saturated rings. The minimum absolute atomic E-state index is 0.00907. The highest BCUT2D eigenvalue weighted by Crippen LogP contribution is 2.27. The van der Waals surface area contributed by atoms with Crippen molar-refractivity contribution in [3.8, 4) is 5.75 Å². The van der Waals surface area contributed by atoms with E-state index in [-0.39, 0.29) is 22.8 Å². The molecule has 0 atom stereocenters. The Morgan fingerprint density at radius 1 is 1.17 bits per heavy atom. The smallest absolute Gasteiger partial charge is 0.363 e. The van der Waals surface area contributed by atoms with Crippen LogP contribution in [0.4, 0.5) is 5.69 Å². The maximum absolute atomic E-state index is 12.0. The zero-order valence-electron chi connectivity index (χ0n) is 12.6. The highest BCUT2D eigenvalue weighted by molar-refractivity contribution is 6.13. The first-order valence-corrected chi connectivity index (χ1v) is 6.99. The van der Waals surface area contributed by atoms with E-state index < -0.39 is 10.9 Å². The molecular weight excluding hydrogens is 312 g/mol. The summed E-state index contributed by atoms with van der Waals surface area (Å²) in [5.74, 6) is -0.0627. The molecule has 0 bridgehead atoms. The Labute approximate surface area is 137 Å². The molecule has 0 spiro atoms. The predicted molar refractivity (Wildman–Crippen MR) is 86.7 cm³/mol. The SMILES string of the molecule is COc1ccccc1C1=N/C(=C/c2ccccc2[N+](=O)[O-])C(=O)O1. The van der Waals surface area contributed by atoms with Gasteiger partial charge in [-0.15, -0.1) is 0 Å². The third-order valence-electron chi connectivity index (χ3n) is 3.38. The van der Waals surface area contributed by atoms with Gasteiger partial charge >= 0.3 is 5.97 Å². The molecule has 2 aromatic rings. The minimum atomic E-state index is -0.672. The van der Waals surface area contributed by atoms with Crippen molar-refractivity contribution >= 4 is 23.6 Å². The van der Waals surface area contributed by atoms with Gasteiger partial charge in [0.15, 0.2) is 5.70 Å². The lowest BCUT2D eigenvalue weighted by Crippen LogP contribution is -2.06. The zero-order chi connectivity index (χ0) is 17.1. The van der Waals surface area contributed by atoms with Crippen molar-refractivity contribution in [1.82, 2.24) is 0 Å². The molecule has 0 amide bonds. The van der Waals surface area contributed by atoms with Crippen LogP contribution in [0.2, 0.25) is 0 Å². The van der Waals surface area contributed by atoms with E-state index in [0.717, 1.165) is 0 Å². The second-order valence-corrected chi connectivity index (χ2v) is 4.85. The van der Waals surface area contributed by atoms with Gasteiger partial charge < -0.3 is 9.47 Å². The lowest BCUT2D eigenvalue weighted by molar-refractivity contribution is -0.385. The molecule has 0 saturated carbocycles. The van der Waals surface area contributed by atoms with E-state index in [1.165, 1.54) is 25.3 Å². The van der Waals surface area contributed by atoms with Crippen molar-refractivity contribution in [1.29, 1.82) is 0 Å². The fourth-order valence-corrected chi connectivity index (χ4v) is 2.27. The number of hydrogen-bond acceptors (Lipinski definition) is 6. The van der Waals surface area contributed by atoms with E-state index in [2.05, 4.69) is 4.99 Å². The molecule has 0 saturated heterocycles. The van der Waals surface area contributed by atoms with Crippen LogP contribution in [0.15, 0.2) is 59.2 Å². The van der Waals surface area contributed by atoms with Gasteiger partial charge in [0.1, 0.15) is 5.75 Å². The highest BCUT2D eigenvalue weighted by atomic mass is 16.6. The number of carbonyl (C=O) groups is 1. The summed E-state index contributed by atoms with van der Waals surface area (Å²) < 4.78 is 10.4. The lowest BCUT2D eigenvalue weighted by Gasteiger charge is -2.05. The Bertz CT molecular complexity index is 886. The molecule has 7 nitrogen and oxygen atoms in total. The van der Waals surface area contributed by atoms with Gasteiger partial charge in [-0.3, -0.25) is 10.1 Å². The fraction of sp³-hybridized carbons (Fsp3) is 0.0588. The molecule has 3 rings (SSSR count). The zero-order valence-corrected chi connectivity index (χ0v) is 12.6. The first-order chi connectivity index (χ1) is 11.6. The lowest BCUT2D eigenvalue weighted by atomic mass is 10.1. The first kappa shape index (κ1) is 15.4. The van der Waals surface area contributed by atoms with E-state index >= 15 is 0 Å². The van der Waals surface area contributed by atoms with E-state index in [4.69, 9.17) is 9.47 Å². The fourth-order valence-electron chi connectivity index (χ4n) is 2.27. The van der Waals surface area contributed by atoms with E-state index in [0.29, 0.717) is 11.3 Å². The van der Waals surface area contributed by atoms with Gasteiger partial charge in [-0.05, 0) is 24.3 Å². The maximum Gasteiger partial charge on any atom is 0.363 e. The Balaban J connectivity index is 2.03. The largest absolute Gasteiger partial charge is 0.496 e. The molecule has 0 aromatic heterocycles. The van der Waals surface area contributed by atoms with Crippen LogP contribution in [0.3, 0.4) is 0 Å². The van der Waals surface area contributed by atoms with Gasteiger partial charge in [-0.1, -0.05) is 24.3 Å². The van der Waals surface area contributed by atoms with Gasteiger partial charge in [0.25, 0.3) is 5.69 Å². The highest BCUT2D eigenvalue weighted by Gasteiger charge is 2.27.